The Balaban J connectivity index is 5.21. The van der Waals surface area contributed by atoms with Crippen molar-refractivity contribution in [2.24, 2.45) is 0 Å². The lowest BCUT2D eigenvalue weighted by atomic mass is 10.0. The van der Waals surface area contributed by atoms with E-state index in [4.69, 9.17) is 0 Å². The van der Waals surface area contributed by atoms with Crippen LogP contribution in [-0.4, -0.2) is 105 Å². The van der Waals surface area contributed by atoms with Crippen molar-refractivity contribution >= 4 is 52.9 Å². The van der Waals surface area contributed by atoms with Gasteiger partial charge in [0.1, 0.15) is 6.04 Å². The number of nitrogens with zero attached hydrogens (tertiary/aromatic N) is 1. The molecule has 0 aliphatic carbocycles. The zero-order valence-corrected chi connectivity index (χ0v) is 28.3. The van der Waals surface area contributed by atoms with Crippen molar-refractivity contribution < 1.29 is 24.0 Å². The van der Waals surface area contributed by atoms with Gasteiger partial charge in [0.2, 0.25) is 23.6 Å². The molecule has 0 unspecified atom stereocenters. The van der Waals surface area contributed by atoms with Gasteiger partial charge in [-0.15, -0.1) is 0 Å². The van der Waals surface area contributed by atoms with Crippen LogP contribution in [0.25, 0.3) is 0 Å². The average molecular weight is 632 g/mol. The van der Waals surface area contributed by atoms with Gasteiger partial charge in [-0.1, -0.05) is 12.8 Å². The molecule has 4 amide bonds. The second kappa shape index (κ2) is 26.8. The predicted molar refractivity (Wildman–Crippen MR) is 176 cm³/mol. The molecule has 10 nitrogen and oxygen atoms in total. The fraction of sp³-hybridized carbons (Fsp3) is 0.833. The van der Waals surface area contributed by atoms with Gasteiger partial charge in [0, 0.05) is 39.9 Å². The van der Waals surface area contributed by atoms with E-state index in [0.717, 1.165) is 50.0 Å². The van der Waals surface area contributed by atoms with Crippen molar-refractivity contribution in [3.63, 3.8) is 0 Å². The summed E-state index contributed by atoms with van der Waals surface area (Å²) in [6, 6.07) is -1.71. The molecular weight excluding hydrogens is 574 g/mol. The first-order valence-electron chi connectivity index (χ1n) is 15.4. The van der Waals surface area contributed by atoms with Crippen LogP contribution in [0, 0.1) is 0 Å². The number of carbonyl (C=O) groups excluding carboxylic acids is 5. The van der Waals surface area contributed by atoms with Gasteiger partial charge >= 0.3 is 0 Å². The number of amides is 4. The minimum Gasteiger partial charge on any atom is -0.359 e. The molecule has 0 radical (unpaired) electrons. The van der Waals surface area contributed by atoms with E-state index in [1.165, 1.54) is 19.0 Å². The lowest BCUT2D eigenvalue weighted by Gasteiger charge is -2.31. The Hall–Kier alpha value is -1.79. The fourth-order valence-electron chi connectivity index (χ4n) is 4.48. The molecule has 0 aromatic carbocycles. The summed E-state index contributed by atoms with van der Waals surface area (Å²) in [7, 11) is 4.84. The van der Waals surface area contributed by atoms with Crippen molar-refractivity contribution in [2.75, 3.05) is 58.2 Å². The highest BCUT2D eigenvalue weighted by atomic mass is 32.2. The van der Waals surface area contributed by atoms with E-state index in [-0.39, 0.29) is 42.3 Å². The average Bonchev–Trinajstić information content (AvgIpc) is 2.98. The monoisotopic (exact) mass is 631 g/mol. The zero-order valence-electron chi connectivity index (χ0n) is 26.7. The van der Waals surface area contributed by atoms with Crippen LogP contribution in [0.15, 0.2) is 0 Å². The molecule has 0 heterocycles. The van der Waals surface area contributed by atoms with Crippen LogP contribution in [0.5, 0.6) is 0 Å². The summed E-state index contributed by atoms with van der Waals surface area (Å²) in [5.41, 5.74) is 0. The van der Waals surface area contributed by atoms with E-state index >= 15 is 0 Å². The van der Waals surface area contributed by atoms with Gasteiger partial charge in [-0.3, -0.25) is 24.0 Å². The van der Waals surface area contributed by atoms with Crippen LogP contribution >= 0.6 is 23.5 Å². The Morgan fingerprint density at radius 2 is 1.31 bits per heavy atom. The third kappa shape index (κ3) is 20.2. The number of Topliss-reactive ketones (excluding diaryl/α,β-unsaturated/α-hetero) is 1. The van der Waals surface area contributed by atoms with E-state index in [1.807, 2.05) is 11.8 Å². The van der Waals surface area contributed by atoms with Crippen molar-refractivity contribution in [3.8, 4) is 0 Å². The smallest absolute Gasteiger partial charge is 0.245 e. The normalized spacial score (nSPS) is 12.3. The van der Waals surface area contributed by atoms with Crippen LogP contribution < -0.4 is 21.3 Å². The van der Waals surface area contributed by atoms with E-state index in [0.29, 0.717) is 51.6 Å². The molecule has 0 aliphatic heterocycles. The summed E-state index contributed by atoms with van der Waals surface area (Å²) >= 11 is 3.59. The number of hydrogen-bond donors (Lipinski definition) is 4. The highest BCUT2D eigenvalue weighted by Gasteiger charge is 2.32. The molecule has 2 atom stereocenters. The van der Waals surface area contributed by atoms with Gasteiger partial charge in [0.05, 0.1) is 12.5 Å². The lowest BCUT2D eigenvalue weighted by molar-refractivity contribution is -0.143. The molecule has 0 aromatic heterocycles. The molecule has 0 fully saturated rings. The van der Waals surface area contributed by atoms with Gasteiger partial charge in [-0.05, 0) is 89.0 Å². The van der Waals surface area contributed by atoms with E-state index in [1.54, 1.807) is 18.8 Å². The first-order chi connectivity index (χ1) is 20.2. The van der Waals surface area contributed by atoms with Crippen molar-refractivity contribution in [2.45, 2.75) is 102 Å². The molecule has 0 bridgehead atoms. The largest absolute Gasteiger partial charge is 0.359 e. The maximum Gasteiger partial charge on any atom is 0.245 e. The van der Waals surface area contributed by atoms with Crippen LogP contribution in [0.1, 0.15) is 89.9 Å². The molecule has 244 valence electrons. The molecular formula is C30H57N5O5S2. The van der Waals surface area contributed by atoms with E-state index < -0.39 is 12.1 Å². The number of unbranched alkanes of at least 4 members (excludes halogenated alkanes) is 5. The van der Waals surface area contributed by atoms with Gasteiger partial charge in [0.15, 0.2) is 5.78 Å². The Bertz CT molecular complexity index is 787. The third-order valence-corrected chi connectivity index (χ3v) is 8.47. The van der Waals surface area contributed by atoms with Crippen LogP contribution in [0.4, 0.5) is 0 Å². The van der Waals surface area contributed by atoms with Gasteiger partial charge < -0.3 is 26.2 Å². The Labute approximate surface area is 262 Å². The molecule has 0 aliphatic rings. The maximum atomic E-state index is 13.6. The second-order valence-corrected chi connectivity index (χ2v) is 12.6. The minimum absolute atomic E-state index is 0.0371. The quantitative estimate of drug-likeness (QED) is 0.102. The highest BCUT2D eigenvalue weighted by Crippen LogP contribution is 2.14. The van der Waals surface area contributed by atoms with Crippen molar-refractivity contribution in [3.05, 3.63) is 0 Å². The van der Waals surface area contributed by atoms with Crippen LogP contribution in [0.3, 0.4) is 0 Å². The predicted octanol–water partition coefficient (Wildman–Crippen LogP) is 3.14. The summed E-state index contributed by atoms with van der Waals surface area (Å²) in [5.74, 6) is 1.13. The van der Waals surface area contributed by atoms with Crippen molar-refractivity contribution in [1.82, 2.24) is 26.2 Å². The standard InChI is InChI=1S/C30H57N5O5S2/c1-31-19-14-16-26(36)25(23-29(39)32-2)35(3)30(40)24(34-28(38)18-9-7-13-22-42-5)15-10-11-20-33-27(37)17-8-6-12-21-41-4/h24-25,31H,6-23H2,1-5H3,(H,32,39)(H,33,37)(H,34,38)/t24-,25-/m0/s1. The topological polar surface area (TPSA) is 137 Å². The lowest BCUT2D eigenvalue weighted by Crippen LogP contribution is -2.53. The minimum atomic E-state index is -0.907. The molecule has 0 saturated heterocycles. The number of carbonyl (C=O) groups is 5. The Morgan fingerprint density at radius 3 is 1.88 bits per heavy atom. The number of rotatable bonds is 27. The molecule has 0 spiro atoms. The number of ketones is 1. The number of likely N-dealkylation sites (N-methyl/N-ethyl adjacent to an activating group) is 1. The molecule has 0 rings (SSSR count). The fourth-order valence-corrected chi connectivity index (χ4v) is 5.47. The molecule has 0 aromatic rings. The first kappa shape index (κ1) is 40.2. The SMILES string of the molecule is CNCCCC(=O)[C@H](CC(=O)NC)N(C)C(=O)[C@H](CCCCNC(=O)CCCCCSC)NC(=O)CCCCCSC. The summed E-state index contributed by atoms with van der Waals surface area (Å²) < 4.78 is 0. The second-order valence-electron chi connectivity index (χ2n) is 10.6. The molecule has 12 heteroatoms. The maximum absolute atomic E-state index is 13.6. The Morgan fingerprint density at radius 1 is 0.690 bits per heavy atom. The molecule has 42 heavy (non-hydrogen) atoms. The van der Waals surface area contributed by atoms with Crippen LogP contribution in [0.2, 0.25) is 0 Å². The van der Waals surface area contributed by atoms with Gasteiger partial charge in [0.25, 0.3) is 0 Å². The third-order valence-electron chi connectivity index (χ3n) is 7.07. The van der Waals surface area contributed by atoms with Crippen molar-refractivity contribution in [1.29, 1.82) is 0 Å². The number of nitrogens with one attached hydrogen (secondary N) is 4. The Kier molecular flexibility index (Phi) is 25.7. The van der Waals surface area contributed by atoms with Gasteiger partial charge in [-0.2, -0.15) is 23.5 Å². The van der Waals surface area contributed by atoms with E-state index in [2.05, 4.69) is 33.8 Å². The number of thioether (sulfide) groups is 2. The summed E-state index contributed by atoms with van der Waals surface area (Å²) in [5, 5.41) is 11.4. The zero-order chi connectivity index (χ0) is 31.6. The van der Waals surface area contributed by atoms with E-state index in [9.17, 15) is 24.0 Å². The summed E-state index contributed by atoms with van der Waals surface area (Å²) in [4.78, 5) is 65.1. The molecule has 4 N–H and O–H groups in total. The van der Waals surface area contributed by atoms with Crippen LogP contribution in [-0.2, 0) is 24.0 Å². The first-order valence-corrected chi connectivity index (χ1v) is 18.2. The van der Waals surface area contributed by atoms with Gasteiger partial charge in [-0.25, -0.2) is 0 Å². The highest BCUT2D eigenvalue weighted by molar-refractivity contribution is 7.98. The molecule has 0 saturated carbocycles. The summed E-state index contributed by atoms with van der Waals surface area (Å²) in [6.45, 7) is 1.16. The number of hydrogen-bond acceptors (Lipinski definition) is 8. The summed E-state index contributed by atoms with van der Waals surface area (Å²) in [6.07, 6.45) is 13.1.